The third-order valence-electron chi connectivity index (χ3n) is 4.92. The molecule has 1 aliphatic rings. The van der Waals surface area contributed by atoms with Crippen LogP contribution in [0.4, 0.5) is 0 Å². The summed E-state index contributed by atoms with van der Waals surface area (Å²) < 4.78 is 1.75. The first-order valence-electron chi connectivity index (χ1n) is 9.00. The lowest BCUT2D eigenvalue weighted by atomic mass is 10.0. The minimum atomic E-state index is 0.0620. The van der Waals surface area contributed by atoms with E-state index in [4.69, 9.17) is 0 Å². The first-order chi connectivity index (χ1) is 12.7. The van der Waals surface area contributed by atoms with E-state index in [1.54, 1.807) is 10.9 Å². The van der Waals surface area contributed by atoms with Gasteiger partial charge in [0.25, 0.3) is 5.91 Å². The number of hydrogen-bond acceptors (Lipinski definition) is 4. The Morgan fingerprint density at radius 2 is 2.15 bits per heavy atom. The van der Waals surface area contributed by atoms with Crippen molar-refractivity contribution < 1.29 is 4.79 Å². The van der Waals surface area contributed by atoms with Crippen molar-refractivity contribution >= 4 is 17.2 Å². The van der Waals surface area contributed by atoms with Crippen molar-refractivity contribution in [3.8, 4) is 10.6 Å². The molecule has 0 radical (unpaired) electrons. The molecule has 0 bridgehead atoms. The molecule has 6 heteroatoms. The zero-order chi connectivity index (χ0) is 17.9. The summed E-state index contributed by atoms with van der Waals surface area (Å²) in [6.45, 7) is 0.831. The monoisotopic (exact) mass is 366 g/mol. The Morgan fingerprint density at radius 1 is 1.31 bits per heavy atom. The van der Waals surface area contributed by atoms with E-state index in [9.17, 15) is 4.79 Å². The van der Waals surface area contributed by atoms with Crippen molar-refractivity contribution in [2.75, 3.05) is 6.54 Å². The molecule has 0 N–H and O–H groups in total. The zero-order valence-electron chi connectivity index (χ0n) is 14.8. The number of carbonyl (C=O) groups is 1. The van der Waals surface area contributed by atoms with Crippen LogP contribution in [0, 0.1) is 0 Å². The summed E-state index contributed by atoms with van der Waals surface area (Å²) in [5.74, 6) is 0.0620. The summed E-state index contributed by atoms with van der Waals surface area (Å²) >= 11 is 1.50. The average Bonchev–Trinajstić information content (AvgIpc) is 3.40. The van der Waals surface area contributed by atoms with Gasteiger partial charge in [-0.15, -0.1) is 11.3 Å². The first kappa shape index (κ1) is 17.0. The lowest BCUT2D eigenvalue weighted by Crippen LogP contribution is -2.36. The number of benzene rings is 1. The molecule has 3 heterocycles. The second kappa shape index (κ2) is 7.41. The predicted molar refractivity (Wildman–Crippen MR) is 103 cm³/mol. The largest absolute Gasteiger partial charge is 0.334 e. The fraction of sp³-hybridized carbons (Fsp3) is 0.350. The number of nitrogens with zero attached hydrogens (tertiary/aromatic N) is 4. The van der Waals surface area contributed by atoms with Gasteiger partial charge in [-0.1, -0.05) is 30.3 Å². The van der Waals surface area contributed by atoms with Gasteiger partial charge in [0.2, 0.25) is 0 Å². The van der Waals surface area contributed by atoms with Crippen LogP contribution in [-0.4, -0.2) is 38.2 Å². The second-order valence-corrected chi connectivity index (χ2v) is 7.62. The predicted octanol–water partition coefficient (Wildman–Crippen LogP) is 3.78. The summed E-state index contributed by atoms with van der Waals surface area (Å²) in [4.78, 5) is 19.6. The van der Waals surface area contributed by atoms with Crippen LogP contribution in [0.1, 0.15) is 35.3 Å². The Labute approximate surface area is 157 Å². The number of aryl methyl sites for hydroxylation is 2. The van der Waals surface area contributed by atoms with E-state index in [-0.39, 0.29) is 5.91 Å². The molecule has 134 valence electrons. The summed E-state index contributed by atoms with van der Waals surface area (Å²) in [5, 5.41) is 6.90. The summed E-state index contributed by atoms with van der Waals surface area (Å²) in [5.41, 5.74) is 2.85. The Hall–Kier alpha value is -2.47. The van der Waals surface area contributed by atoms with E-state index in [1.165, 1.54) is 16.9 Å². The molecule has 3 aromatic rings. The van der Waals surface area contributed by atoms with Gasteiger partial charge in [0.1, 0.15) is 10.7 Å². The van der Waals surface area contributed by atoms with Crippen LogP contribution in [0.25, 0.3) is 10.6 Å². The van der Waals surface area contributed by atoms with Gasteiger partial charge in [-0.3, -0.25) is 9.48 Å². The molecule has 1 amide bonds. The Balaban J connectivity index is 1.44. The number of amides is 1. The van der Waals surface area contributed by atoms with Gasteiger partial charge < -0.3 is 4.90 Å². The maximum absolute atomic E-state index is 13.0. The van der Waals surface area contributed by atoms with Crippen molar-refractivity contribution in [3.05, 3.63) is 59.4 Å². The van der Waals surface area contributed by atoms with Crippen molar-refractivity contribution in [1.29, 1.82) is 0 Å². The Morgan fingerprint density at radius 3 is 2.92 bits per heavy atom. The quantitative estimate of drug-likeness (QED) is 0.690. The molecule has 26 heavy (non-hydrogen) atoms. The molecule has 0 aliphatic carbocycles. The molecule has 5 nitrogen and oxygen atoms in total. The molecule has 1 aromatic carbocycles. The van der Waals surface area contributed by atoms with Crippen molar-refractivity contribution in [1.82, 2.24) is 19.7 Å². The second-order valence-electron chi connectivity index (χ2n) is 6.76. The molecule has 0 spiro atoms. The smallest absolute Gasteiger partial charge is 0.273 e. The third kappa shape index (κ3) is 3.55. The van der Waals surface area contributed by atoms with Crippen LogP contribution < -0.4 is 0 Å². The molecular formula is C20H22N4OS. The molecule has 1 fully saturated rings. The molecular weight excluding hydrogens is 344 g/mol. The van der Waals surface area contributed by atoms with Gasteiger partial charge in [-0.05, 0) is 31.2 Å². The maximum atomic E-state index is 13.0. The number of carbonyl (C=O) groups excluding carboxylic acids is 1. The van der Waals surface area contributed by atoms with Gasteiger partial charge in [-0.2, -0.15) is 5.10 Å². The highest BCUT2D eigenvalue weighted by molar-refractivity contribution is 7.13. The highest BCUT2D eigenvalue weighted by Crippen LogP contribution is 2.27. The average molecular weight is 366 g/mol. The molecule has 2 aromatic heterocycles. The minimum absolute atomic E-state index is 0.0620. The van der Waals surface area contributed by atoms with Crippen LogP contribution in [0.2, 0.25) is 0 Å². The van der Waals surface area contributed by atoms with Gasteiger partial charge >= 0.3 is 0 Å². The SMILES string of the molecule is Cn1cc(-c2nc(C(=O)N3CCCC3CCc3ccccc3)cs2)cn1. The summed E-state index contributed by atoms with van der Waals surface area (Å²) in [7, 11) is 1.88. The van der Waals surface area contributed by atoms with Crippen molar-refractivity contribution in [2.24, 2.45) is 7.05 Å². The van der Waals surface area contributed by atoms with Crippen LogP contribution in [-0.2, 0) is 13.5 Å². The third-order valence-corrected chi connectivity index (χ3v) is 5.81. The van der Waals surface area contributed by atoms with Crippen LogP contribution >= 0.6 is 11.3 Å². The lowest BCUT2D eigenvalue weighted by Gasteiger charge is -2.24. The van der Waals surface area contributed by atoms with E-state index in [0.717, 1.165) is 42.8 Å². The summed E-state index contributed by atoms with van der Waals surface area (Å²) in [6.07, 6.45) is 7.88. The number of aromatic nitrogens is 3. The molecule has 1 saturated heterocycles. The van der Waals surface area contributed by atoms with Crippen molar-refractivity contribution in [2.45, 2.75) is 31.7 Å². The molecule has 0 saturated carbocycles. The van der Waals surface area contributed by atoms with Crippen LogP contribution in [0.15, 0.2) is 48.1 Å². The molecule has 1 unspecified atom stereocenters. The zero-order valence-corrected chi connectivity index (χ0v) is 15.7. The van der Waals surface area contributed by atoms with E-state index >= 15 is 0 Å². The Bertz CT molecular complexity index is 886. The van der Waals surface area contributed by atoms with Crippen molar-refractivity contribution in [3.63, 3.8) is 0 Å². The standard InChI is InChI=1S/C20H22N4OS/c1-23-13-16(12-21-23)19-22-18(14-26-19)20(25)24-11-5-8-17(24)10-9-15-6-3-2-4-7-15/h2-4,6-7,12-14,17H,5,8-11H2,1H3. The van der Waals surface area contributed by atoms with Gasteiger partial charge in [0.15, 0.2) is 0 Å². The highest BCUT2D eigenvalue weighted by Gasteiger charge is 2.30. The lowest BCUT2D eigenvalue weighted by molar-refractivity contribution is 0.0725. The van der Waals surface area contributed by atoms with E-state index < -0.39 is 0 Å². The number of likely N-dealkylation sites (tertiary alicyclic amines) is 1. The molecule has 4 rings (SSSR count). The van der Waals surface area contributed by atoms with E-state index in [2.05, 4.69) is 34.3 Å². The van der Waals surface area contributed by atoms with E-state index in [1.807, 2.05) is 29.6 Å². The van der Waals surface area contributed by atoms with E-state index in [0.29, 0.717) is 11.7 Å². The fourth-order valence-corrected chi connectivity index (χ4v) is 4.33. The van der Waals surface area contributed by atoms with Crippen LogP contribution in [0.5, 0.6) is 0 Å². The summed E-state index contributed by atoms with van der Waals surface area (Å²) in [6, 6.07) is 10.8. The van der Waals surface area contributed by atoms with Gasteiger partial charge in [0.05, 0.1) is 6.20 Å². The highest BCUT2D eigenvalue weighted by atomic mass is 32.1. The van der Waals surface area contributed by atoms with Crippen LogP contribution in [0.3, 0.4) is 0 Å². The number of thiazole rings is 1. The maximum Gasteiger partial charge on any atom is 0.273 e. The molecule has 1 aliphatic heterocycles. The first-order valence-corrected chi connectivity index (χ1v) is 9.88. The fourth-order valence-electron chi connectivity index (χ4n) is 3.56. The number of rotatable bonds is 5. The Kier molecular flexibility index (Phi) is 4.84. The normalized spacial score (nSPS) is 17.0. The topological polar surface area (TPSA) is 51.0 Å². The van der Waals surface area contributed by atoms with Gasteiger partial charge in [0, 0.05) is 36.8 Å². The minimum Gasteiger partial charge on any atom is -0.334 e. The number of hydrogen-bond donors (Lipinski definition) is 0. The van der Waals surface area contributed by atoms with Gasteiger partial charge in [-0.25, -0.2) is 4.98 Å². The molecule has 1 atom stereocenters.